The predicted octanol–water partition coefficient (Wildman–Crippen LogP) is 0.166. The number of hydrogen-bond acceptors (Lipinski definition) is 4. The van der Waals surface area contributed by atoms with Crippen molar-refractivity contribution < 1.29 is 0 Å². The molecule has 0 amide bonds. The fourth-order valence-electron chi connectivity index (χ4n) is 1.39. The summed E-state index contributed by atoms with van der Waals surface area (Å²) in [6, 6.07) is 0.316. The van der Waals surface area contributed by atoms with Crippen LogP contribution in [-0.2, 0) is 6.54 Å². The minimum atomic E-state index is 0.316. The summed E-state index contributed by atoms with van der Waals surface area (Å²) in [4.78, 5) is 4.08. The second-order valence-electron chi connectivity index (χ2n) is 3.59. The Labute approximate surface area is 88.3 Å². The number of hydrogen-bond donors (Lipinski definition) is 2. The van der Waals surface area contributed by atoms with E-state index in [1.54, 1.807) is 6.20 Å². The molecule has 0 aliphatic carbocycles. The lowest BCUT2D eigenvalue weighted by atomic mass is 10.2. The van der Waals surface area contributed by atoms with Crippen molar-refractivity contribution in [2.45, 2.75) is 19.5 Å². The lowest BCUT2D eigenvalue weighted by Crippen LogP contribution is -2.32. The summed E-state index contributed by atoms with van der Waals surface area (Å²) in [6.45, 7) is 3.47. The van der Waals surface area contributed by atoms with Crippen molar-refractivity contribution in [2.24, 2.45) is 5.73 Å². The largest absolute Gasteiger partial charge is 0.329 e. The highest BCUT2D eigenvalue weighted by Crippen LogP contribution is 2.07. The first-order valence-electron chi connectivity index (χ1n) is 5.01. The number of nitrogens with two attached hydrogens (primary N) is 1. The molecule has 0 aromatic carbocycles. The zero-order chi connectivity index (χ0) is 10.7. The van der Waals surface area contributed by atoms with Gasteiger partial charge in [-0.25, -0.2) is 4.52 Å². The van der Waals surface area contributed by atoms with Crippen molar-refractivity contribution in [3.63, 3.8) is 0 Å². The second-order valence-corrected chi connectivity index (χ2v) is 3.59. The Kier molecular flexibility index (Phi) is 2.94. The van der Waals surface area contributed by atoms with Crippen LogP contribution in [-0.4, -0.2) is 27.2 Å². The van der Waals surface area contributed by atoms with E-state index in [0.717, 1.165) is 17.6 Å². The van der Waals surface area contributed by atoms with Crippen LogP contribution >= 0.6 is 0 Å². The SMILES string of the molecule is CC(CN)NCc1cnn2ccncc12. The van der Waals surface area contributed by atoms with Gasteiger partial charge < -0.3 is 11.1 Å². The van der Waals surface area contributed by atoms with Crippen LogP contribution in [0.1, 0.15) is 12.5 Å². The van der Waals surface area contributed by atoms with E-state index in [0.29, 0.717) is 12.6 Å². The summed E-state index contributed by atoms with van der Waals surface area (Å²) >= 11 is 0. The Bertz CT molecular complexity index is 436. The van der Waals surface area contributed by atoms with Crippen LogP contribution in [0.5, 0.6) is 0 Å². The van der Waals surface area contributed by atoms with E-state index in [9.17, 15) is 0 Å². The third kappa shape index (κ3) is 2.14. The quantitative estimate of drug-likeness (QED) is 0.746. The molecule has 0 saturated heterocycles. The summed E-state index contributed by atoms with van der Waals surface area (Å²) < 4.78 is 1.82. The second kappa shape index (κ2) is 4.37. The Morgan fingerprint density at radius 1 is 1.53 bits per heavy atom. The highest BCUT2D eigenvalue weighted by molar-refractivity contribution is 5.51. The van der Waals surface area contributed by atoms with Crippen molar-refractivity contribution in [2.75, 3.05) is 6.54 Å². The summed E-state index contributed by atoms with van der Waals surface area (Å²) in [7, 11) is 0. The van der Waals surface area contributed by atoms with Crippen molar-refractivity contribution >= 4 is 5.52 Å². The summed E-state index contributed by atoms with van der Waals surface area (Å²) in [5, 5.41) is 7.55. The van der Waals surface area contributed by atoms with Gasteiger partial charge in [0.15, 0.2) is 0 Å². The summed E-state index contributed by atoms with van der Waals surface area (Å²) in [5.41, 5.74) is 7.71. The van der Waals surface area contributed by atoms with Crippen LogP contribution < -0.4 is 11.1 Å². The normalized spacial score (nSPS) is 13.2. The monoisotopic (exact) mass is 205 g/mol. The summed E-state index contributed by atoms with van der Waals surface area (Å²) in [6.07, 6.45) is 7.23. The van der Waals surface area contributed by atoms with Gasteiger partial charge in [0.25, 0.3) is 0 Å². The van der Waals surface area contributed by atoms with E-state index < -0.39 is 0 Å². The van der Waals surface area contributed by atoms with Crippen LogP contribution in [0.2, 0.25) is 0 Å². The molecule has 80 valence electrons. The maximum absolute atomic E-state index is 5.53. The number of aromatic nitrogens is 3. The third-order valence-electron chi connectivity index (χ3n) is 2.40. The zero-order valence-corrected chi connectivity index (χ0v) is 8.72. The third-order valence-corrected chi connectivity index (χ3v) is 2.40. The van der Waals surface area contributed by atoms with Crippen LogP contribution in [0.3, 0.4) is 0 Å². The molecule has 0 radical (unpaired) electrons. The highest BCUT2D eigenvalue weighted by atomic mass is 15.2. The molecule has 2 heterocycles. The smallest absolute Gasteiger partial charge is 0.0889 e. The molecule has 0 fully saturated rings. The van der Waals surface area contributed by atoms with E-state index >= 15 is 0 Å². The average molecular weight is 205 g/mol. The molecule has 0 bridgehead atoms. The van der Waals surface area contributed by atoms with Crippen LogP contribution in [0, 0.1) is 0 Å². The average Bonchev–Trinajstić information content (AvgIpc) is 2.69. The topological polar surface area (TPSA) is 68.2 Å². The summed E-state index contributed by atoms with van der Waals surface area (Å²) in [5.74, 6) is 0. The van der Waals surface area contributed by atoms with Gasteiger partial charge in [-0.2, -0.15) is 5.10 Å². The molecule has 2 rings (SSSR count). The molecule has 0 aliphatic heterocycles. The molecule has 5 heteroatoms. The number of nitrogens with zero attached hydrogens (tertiary/aromatic N) is 3. The van der Waals surface area contributed by atoms with Gasteiger partial charge in [0.1, 0.15) is 0 Å². The maximum Gasteiger partial charge on any atom is 0.0889 e. The van der Waals surface area contributed by atoms with Gasteiger partial charge in [-0.1, -0.05) is 0 Å². The van der Waals surface area contributed by atoms with Gasteiger partial charge in [-0.15, -0.1) is 0 Å². The van der Waals surface area contributed by atoms with Crippen molar-refractivity contribution in [3.8, 4) is 0 Å². The molecule has 15 heavy (non-hydrogen) atoms. The van der Waals surface area contributed by atoms with E-state index in [2.05, 4.69) is 22.3 Å². The Morgan fingerprint density at radius 2 is 2.40 bits per heavy atom. The Morgan fingerprint density at radius 3 is 3.20 bits per heavy atom. The molecule has 2 aromatic heterocycles. The Balaban J connectivity index is 2.14. The van der Waals surface area contributed by atoms with Gasteiger partial charge in [0.05, 0.1) is 17.9 Å². The lowest BCUT2D eigenvalue weighted by molar-refractivity contribution is 0.558. The van der Waals surface area contributed by atoms with Crippen LogP contribution in [0.4, 0.5) is 0 Å². The van der Waals surface area contributed by atoms with Gasteiger partial charge in [-0.3, -0.25) is 4.98 Å². The van der Waals surface area contributed by atoms with Gasteiger partial charge in [0.2, 0.25) is 0 Å². The van der Waals surface area contributed by atoms with E-state index in [-0.39, 0.29) is 0 Å². The van der Waals surface area contributed by atoms with Crippen LogP contribution in [0.25, 0.3) is 5.52 Å². The van der Waals surface area contributed by atoms with E-state index in [1.165, 1.54) is 0 Å². The molecule has 5 nitrogen and oxygen atoms in total. The first-order valence-corrected chi connectivity index (χ1v) is 5.01. The first kappa shape index (κ1) is 10.1. The number of nitrogens with one attached hydrogen (secondary N) is 1. The molecule has 3 N–H and O–H groups in total. The molecule has 2 aromatic rings. The molecular weight excluding hydrogens is 190 g/mol. The van der Waals surface area contributed by atoms with Crippen molar-refractivity contribution in [1.82, 2.24) is 19.9 Å². The van der Waals surface area contributed by atoms with Crippen molar-refractivity contribution in [1.29, 1.82) is 0 Å². The van der Waals surface area contributed by atoms with E-state index in [4.69, 9.17) is 5.73 Å². The Hall–Kier alpha value is -1.46. The maximum atomic E-state index is 5.53. The minimum absolute atomic E-state index is 0.316. The van der Waals surface area contributed by atoms with Crippen molar-refractivity contribution in [3.05, 3.63) is 30.4 Å². The van der Waals surface area contributed by atoms with Gasteiger partial charge in [0, 0.05) is 37.1 Å². The first-order chi connectivity index (χ1) is 7.31. The highest BCUT2D eigenvalue weighted by Gasteiger charge is 2.04. The predicted molar refractivity (Wildman–Crippen MR) is 58.3 cm³/mol. The van der Waals surface area contributed by atoms with Gasteiger partial charge >= 0.3 is 0 Å². The molecule has 0 spiro atoms. The standard InChI is InChI=1S/C10H15N5/c1-8(4-11)13-5-9-6-14-15-3-2-12-7-10(9)15/h2-3,6-8,13H,4-5,11H2,1H3. The molecule has 0 aliphatic rings. The van der Waals surface area contributed by atoms with Gasteiger partial charge in [-0.05, 0) is 6.92 Å². The molecular formula is C10H15N5. The fourth-order valence-corrected chi connectivity index (χ4v) is 1.39. The molecule has 0 saturated carbocycles. The number of fused-ring (bicyclic) bond motifs is 1. The van der Waals surface area contributed by atoms with Crippen LogP contribution in [0.15, 0.2) is 24.8 Å². The zero-order valence-electron chi connectivity index (χ0n) is 8.72. The number of rotatable bonds is 4. The molecule has 1 atom stereocenters. The van der Waals surface area contributed by atoms with E-state index in [1.807, 2.05) is 23.1 Å². The fraction of sp³-hybridized carbons (Fsp3) is 0.400. The molecule has 1 unspecified atom stereocenters. The minimum Gasteiger partial charge on any atom is -0.329 e. The lowest BCUT2D eigenvalue weighted by Gasteiger charge is -2.09.